The molecule has 3 amide bonds. The van der Waals surface area contributed by atoms with Crippen molar-refractivity contribution in [2.24, 2.45) is 0 Å². The number of aromatic nitrogens is 2. The third kappa shape index (κ3) is 3.56. The maximum atomic E-state index is 13.7. The summed E-state index contributed by atoms with van der Waals surface area (Å²) in [6.07, 6.45) is 0. The minimum atomic E-state index is -3.00. The van der Waals surface area contributed by atoms with E-state index in [1.54, 1.807) is 18.2 Å². The van der Waals surface area contributed by atoms with Gasteiger partial charge in [0, 0.05) is 0 Å². The van der Waals surface area contributed by atoms with Gasteiger partial charge in [0.05, 0.1) is 17.6 Å². The molecule has 31 heavy (non-hydrogen) atoms. The molecule has 11 heteroatoms. The first-order valence-corrected chi connectivity index (χ1v) is 9.14. The topological polar surface area (TPSA) is 76.5 Å². The Morgan fingerprint density at radius 1 is 1.06 bits per heavy atom. The van der Waals surface area contributed by atoms with Crippen molar-refractivity contribution in [2.45, 2.75) is 32.2 Å². The van der Waals surface area contributed by atoms with E-state index in [1.807, 2.05) is 0 Å². The number of halogens is 4. The molecule has 2 aromatic carbocycles. The molecule has 0 radical (unpaired) electrons. The molecule has 0 saturated carbocycles. The van der Waals surface area contributed by atoms with Crippen molar-refractivity contribution in [3.05, 3.63) is 59.9 Å². The van der Waals surface area contributed by atoms with Crippen LogP contribution in [0.4, 0.5) is 22.4 Å². The Morgan fingerprint density at radius 2 is 1.74 bits per heavy atom. The quantitative estimate of drug-likeness (QED) is 0.468. The maximum absolute atomic E-state index is 13.7. The van der Waals surface area contributed by atoms with E-state index in [0.717, 1.165) is 4.90 Å². The summed E-state index contributed by atoms with van der Waals surface area (Å²) >= 11 is 0. The molecular formula is C20H16F4N4O3. The van der Waals surface area contributed by atoms with Crippen LogP contribution in [0.2, 0.25) is 0 Å². The van der Waals surface area contributed by atoms with Crippen molar-refractivity contribution in [3.8, 4) is 5.75 Å². The van der Waals surface area contributed by atoms with E-state index in [2.05, 4.69) is 15.0 Å². The number of nitrogens with zero attached hydrogens (tertiary/aromatic N) is 3. The lowest BCUT2D eigenvalue weighted by Crippen LogP contribution is -2.40. The number of carbonyl (C=O) groups excluding carboxylic acids is 2. The number of hydrogen-bond acceptors (Lipinski definition) is 4. The summed E-state index contributed by atoms with van der Waals surface area (Å²) in [5.41, 5.74) is -0.709. The third-order valence-electron chi connectivity index (χ3n) is 5.10. The molecule has 3 aromatic rings. The molecule has 1 aromatic heterocycles. The van der Waals surface area contributed by atoms with E-state index >= 15 is 0 Å². The van der Waals surface area contributed by atoms with E-state index in [4.69, 9.17) is 0 Å². The SMILES string of the molecule is CC1(c2ccc(OC(F)F)cc2)NC(=O)N(Cc2nc3ccccc3n2C(F)F)C1=O. The number of hydrogen-bond donors (Lipinski definition) is 1. The van der Waals surface area contributed by atoms with Crippen LogP contribution in [0.3, 0.4) is 0 Å². The predicted octanol–water partition coefficient (Wildman–Crippen LogP) is 4.00. The number of imidazole rings is 1. The van der Waals surface area contributed by atoms with Crippen molar-refractivity contribution in [2.75, 3.05) is 0 Å². The molecule has 162 valence electrons. The molecule has 0 bridgehead atoms. The summed E-state index contributed by atoms with van der Waals surface area (Å²) in [5, 5.41) is 2.53. The number of nitrogens with one attached hydrogen (secondary N) is 1. The smallest absolute Gasteiger partial charge is 0.387 e. The van der Waals surface area contributed by atoms with Crippen LogP contribution in [0.1, 0.15) is 24.9 Å². The van der Waals surface area contributed by atoms with Gasteiger partial charge in [0.25, 0.3) is 5.91 Å². The molecular weight excluding hydrogens is 420 g/mol. The number of amides is 3. The average Bonchev–Trinajstić information content (AvgIpc) is 3.19. The number of carbonyl (C=O) groups is 2. The van der Waals surface area contributed by atoms with Gasteiger partial charge in [0.15, 0.2) is 0 Å². The van der Waals surface area contributed by atoms with Crippen molar-refractivity contribution in [1.29, 1.82) is 0 Å². The summed E-state index contributed by atoms with van der Waals surface area (Å²) in [6.45, 7) is -4.95. The first-order valence-electron chi connectivity index (χ1n) is 9.14. The fraction of sp³-hybridized carbons (Fsp3) is 0.250. The van der Waals surface area contributed by atoms with Crippen molar-refractivity contribution >= 4 is 23.0 Å². The van der Waals surface area contributed by atoms with E-state index in [1.165, 1.54) is 37.3 Å². The molecule has 2 heterocycles. The van der Waals surface area contributed by atoms with E-state index in [0.29, 0.717) is 15.6 Å². The highest BCUT2D eigenvalue weighted by atomic mass is 19.3. The Labute approximate surface area is 173 Å². The molecule has 4 rings (SSSR count). The van der Waals surface area contributed by atoms with Gasteiger partial charge in [-0.15, -0.1) is 0 Å². The second-order valence-electron chi connectivity index (χ2n) is 7.01. The van der Waals surface area contributed by atoms with Crippen molar-refractivity contribution in [3.63, 3.8) is 0 Å². The summed E-state index contributed by atoms with van der Waals surface area (Å²) in [5.74, 6) is -0.945. The number of ether oxygens (including phenoxy) is 1. The number of imide groups is 1. The second kappa shape index (κ2) is 7.56. The lowest BCUT2D eigenvalue weighted by Gasteiger charge is -2.22. The summed E-state index contributed by atoms with van der Waals surface area (Å²) in [6, 6.07) is 10.7. The van der Waals surface area contributed by atoms with Crippen LogP contribution >= 0.6 is 0 Å². The minimum Gasteiger partial charge on any atom is -0.435 e. The average molecular weight is 436 g/mol. The monoisotopic (exact) mass is 436 g/mol. The van der Waals surface area contributed by atoms with Crippen LogP contribution in [0, 0.1) is 0 Å². The molecule has 1 atom stereocenters. The lowest BCUT2D eigenvalue weighted by molar-refractivity contribution is -0.131. The largest absolute Gasteiger partial charge is 0.435 e. The Kier molecular flexibility index (Phi) is 5.03. The zero-order valence-corrected chi connectivity index (χ0v) is 16.1. The van der Waals surface area contributed by atoms with Crippen LogP contribution < -0.4 is 10.1 Å². The molecule has 1 aliphatic rings. The number of urea groups is 1. The molecule has 1 saturated heterocycles. The Hall–Kier alpha value is -3.63. The normalized spacial score (nSPS) is 19.0. The van der Waals surface area contributed by atoms with Gasteiger partial charge in [-0.25, -0.2) is 9.78 Å². The van der Waals surface area contributed by atoms with Gasteiger partial charge in [-0.05, 0) is 36.8 Å². The highest BCUT2D eigenvalue weighted by Crippen LogP contribution is 2.32. The minimum absolute atomic E-state index is 0.110. The Bertz CT molecular complexity index is 1150. The number of fused-ring (bicyclic) bond motifs is 1. The molecule has 1 N–H and O–H groups in total. The van der Waals surface area contributed by atoms with Gasteiger partial charge in [-0.2, -0.15) is 17.6 Å². The van der Waals surface area contributed by atoms with Crippen LogP contribution in [0.25, 0.3) is 11.0 Å². The number of para-hydroxylation sites is 2. The Morgan fingerprint density at radius 3 is 2.39 bits per heavy atom. The molecule has 7 nitrogen and oxygen atoms in total. The number of alkyl halides is 4. The highest BCUT2D eigenvalue weighted by Gasteiger charge is 2.49. The fourth-order valence-electron chi connectivity index (χ4n) is 3.57. The molecule has 1 fully saturated rings. The van der Waals surface area contributed by atoms with Gasteiger partial charge in [-0.1, -0.05) is 24.3 Å². The predicted molar refractivity (Wildman–Crippen MR) is 100 cm³/mol. The van der Waals surface area contributed by atoms with Gasteiger partial charge in [-0.3, -0.25) is 14.3 Å². The molecule has 1 aliphatic heterocycles. The van der Waals surface area contributed by atoms with E-state index in [9.17, 15) is 27.2 Å². The van der Waals surface area contributed by atoms with Crippen LogP contribution in [0.5, 0.6) is 5.75 Å². The van der Waals surface area contributed by atoms with Gasteiger partial charge < -0.3 is 10.1 Å². The van der Waals surface area contributed by atoms with Crippen LogP contribution in [0.15, 0.2) is 48.5 Å². The summed E-state index contributed by atoms with van der Waals surface area (Å²) in [4.78, 5) is 30.5. The number of rotatable bonds is 6. The summed E-state index contributed by atoms with van der Waals surface area (Å²) in [7, 11) is 0. The first-order chi connectivity index (χ1) is 14.7. The zero-order valence-electron chi connectivity index (χ0n) is 16.1. The standard InChI is InChI=1S/C20H16F4N4O3/c1-20(11-6-8-12(9-7-11)31-18(23)24)16(29)27(19(30)26-20)10-15-25-13-4-2-3-5-14(13)28(15)17(21)22/h2-9,17-18H,10H2,1H3,(H,26,30). The zero-order chi connectivity index (χ0) is 22.3. The van der Waals surface area contributed by atoms with Crippen molar-refractivity contribution < 1.29 is 31.9 Å². The van der Waals surface area contributed by atoms with Crippen LogP contribution in [-0.2, 0) is 16.9 Å². The second-order valence-corrected chi connectivity index (χ2v) is 7.01. The lowest BCUT2D eigenvalue weighted by atomic mass is 9.92. The molecule has 1 unspecified atom stereocenters. The fourth-order valence-corrected chi connectivity index (χ4v) is 3.57. The van der Waals surface area contributed by atoms with Gasteiger partial charge in [0.1, 0.15) is 17.1 Å². The third-order valence-corrected chi connectivity index (χ3v) is 5.10. The van der Waals surface area contributed by atoms with E-state index in [-0.39, 0.29) is 17.1 Å². The maximum Gasteiger partial charge on any atom is 0.387 e. The highest BCUT2D eigenvalue weighted by molar-refractivity contribution is 6.07. The van der Waals surface area contributed by atoms with Gasteiger partial charge in [0.2, 0.25) is 0 Å². The Balaban J connectivity index is 1.63. The van der Waals surface area contributed by atoms with E-state index < -0.39 is 37.2 Å². The van der Waals surface area contributed by atoms with Crippen LogP contribution in [-0.4, -0.2) is 33.0 Å². The number of benzene rings is 2. The van der Waals surface area contributed by atoms with Crippen molar-refractivity contribution in [1.82, 2.24) is 19.8 Å². The summed E-state index contributed by atoms with van der Waals surface area (Å²) < 4.78 is 56.9. The molecule has 0 aliphatic carbocycles. The first kappa shape index (κ1) is 20.6. The molecule has 0 spiro atoms. The van der Waals surface area contributed by atoms with Gasteiger partial charge >= 0.3 is 19.2 Å².